The molecule has 2 aromatic heterocycles. The van der Waals surface area contributed by atoms with Crippen LogP contribution < -0.4 is 10.4 Å². The smallest absolute Gasteiger partial charge is 0.333 e. The first kappa shape index (κ1) is 19.4. The Morgan fingerprint density at radius 1 is 1.16 bits per heavy atom. The second-order valence-electron chi connectivity index (χ2n) is 8.16. The van der Waals surface area contributed by atoms with Crippen LogP contribution >= 0.6 is 0 Å². The quantitative estimate of drug-likeness (QED) is 0.464. The molecule has 5 rings (SSSR count). The summed E-state index contributed by atoms with van der Waals surface area (Å²) in [7, 11) is 0. The van der Waals surface area contributed by atoms with Crippen LogP contribution in [-0.4, -0.2) is 25.9 Å². The highest BCUT2D eigenvalue weighted by Crippen LogP contribution is 2.29. The molecule has 2 aromatic carbocycles. The van der Waals surface area contributed by atoms with Gasteiger partial charge in [0.1, 0.15) is 5.75 Å². The Bertz CT molecular complexity index is 1230. The summed E-state index contributed by atoms with van der Waals surface area (Å²) in [6.07, 6.45) is 10.8. The van der Waals surface area contributed by atoms with Crippen LogP contribution in [0.2, 0.25) is 0 Å². The van der Waals surface area contributed by atoms with Crippen molar-refractivity contribution < 1.29 is 4.74 Å². The third-order valence-electron chi connectivity index (χ3n) is 5.84. The van der Waals surface area contributed by atoms with E-state index in [1.54, 1.807) is 9.13 Å². The van der Waals surface area contributed by atoms with E-state index in [1.165, 1.54) is 18.4 Å². The number of hydrogen-bond acceptors (Lipinski definition) is 3. The van der Waals surface area contributed by atoms with Crippen LogP contribution in [0.5, 0.6) is 5.75 Å². The van der Waals surface area contributed by atoms with Crippen molar-refractivity contribution in [2.75, 3.05) is 6.61 Å². The predicted octanol–water partition coefficient (Wildman–Crippen LogP) is 4.43. The fourth-order valence-electron chi connectivity index (χ4n) is 3.86. The molecule has 2 heterocycles. The molecular weight excluding hydrogens is 388 g/mol. The van der Waals surface area contributed by atoms with Gasteiger partial charge in [-0.3, -0.25) is 14.2 Å². The van der Waals surface area contributed by atoms with Gasteiger partial charge in [-0.2, -0.15) is 5.10 Å². The first-order valence-corrected chi connectivity index (χ1v) is 10.8. The number of aryl methyl sites for hydroxylation is 1. The van der Waals surface area contributed by atoms with Crippen molar-refractivity contribution in [1.29, 1.82) is 0 Å². The molecule has 0 spiro atoms. The summed E-state index contributed by atoms with van der Waals surface area (Å²) in [6, 6.07) is 14.2. The molecule has 4 aromatic rings. The van der Waals surface area contributed by atoms with Gasteiger partial charge in [0, 0.05) is 24.2 Å². The van der Waals surface area contributed by atoms with E-state index in [0.717, 1.165) is 41.2 Å². The zero-order valence-corrected chi connectivity index (χ0v) is 17.6. The van der Waals surface area contributed by atoms with Crippen LogP contribution in [-0.2, 0) is 13.0 Å². The molecule has 0 aliphatic heterocycles. The van der Waals surface area contributed by atoms with Crippen LogP contribution in [0.1, 0.15) is 30.9 Å². The minimum absolute atomic E-state index is 0.0533. The SMILES string of the molecule is CCc1cc(-n2ccn(Cc3cccc(OCC4CC4)c3)c2=O)ccc1-c1cn[nH]c1. The van der Waals surface area contributed by atoms with E-state index < -0.39 is 0 Å². The number of nitrogens with zero attached hydrogens (tertiary/aromatic N) is 3. The third-order valence-corrected chi connectivity index (χ3v) is 5.84. The van der Waals surface area contributed by atoms with Gasteiger partial charge >= 0.3 is 5.69 Å². The van der Waals surface area contributed by atoms with Gasteiger partial charge in [0.15, 0.2) is 0 Å². The summed E-state index contributed by atoms with van der Waals surface area (Å²) < 4.78 is 9.31. The summed E-state index contributed by atoms with van der Waals surface area (Å²) in [5.41, 5.74) is 5.24. The molecule has 31 heavy (non-hydrogen) atoms. The fourth-order valence-corrected chi connectivity index (χ4v) is 3.86. The van der Waals surface area contributed by atoms with Crippen molar-refractivity contribution in [3.05, 3.63) is 88.9 Å². The van der Waals surface area contributed by atoms with Crippen LogP contribution in [0.3, 0.4) is 0 Å². The number of benzene rings is 2. The molecule has 1 saturated carbocycles. The number of imidazole rings is 1. The predicted molar refractivity (Wildman–Crippen MR) is 121 cm³/mol. The van der Waals surface area contributed by atoms with Gasteiger partial charge in [-0.1, -0.05) is 25.1 Å². The topological polar surface area (TPSA) is 64.8 Å². The number of H-pyrrole nitrogens is 1. The van der Waals surface area contributed by atoms with E-state index in [4.69, 9.17) is 4.74 Å². The van der Waals surface area contributed by atoms with Crippen LogP contribution in [0.25, 0.3) is 16.8 Å². The number of nitrogens with one attached hydrogen (secondary N) is 1. The summed E-state index contributed by atoms with van der Waals surface area (Å²) in [4.78, 5) is 13.1. The molecule has 6 heteroatoms. The van der Waals surface area contributed by atoms with Crippen molar-refractivity contribution in [1.82, 2.24) is 19.3 Å². The minimum Gasteiger partial charge on any atom is -0.493 e. The average molecular weight is 415 g/mol. The highest BCUT2D eigenvalue weighted by atomic mass is 16.5. The van der Waals surface area contributed by atoms with Gasteiger partial charge in [-0.25, -0.2) is 4.79 Å². The van der Waals surface area contributed by atoms with Crippen LogP contribution in [0, 0.1) is 5.92 Å². The lowest BCUT2D eigenvalue weighted by Gasteiger charge is -2.10. The standard InChI is InChI=1S/C25H26N4O2/c1-2-20-13-22(8-9-24(20)21-14-26-27-15-21)29-11-10-28(25(29)30)16-19-4-3-5-23(12-19)31-17-18-6-7-18/h3-5,8-15,18H,2,6-7,16-17H2,1H3,(H,26,27). The van der Waals surface area contributed by atoms with E-state index in [-0.39, 0.29) is 5.69 Å². The molecule has 0 saturated heterocycles. The van der Waals surface area contributed by atoms with Crippen molar-refractivity contribution in [3.8, 4) is 22.6 Å². The number of aromatic amines is 1. The van der Waals surface area contributed by atoms with Crippen molar-refractivity contribution in [2.45, 2.75) is 32.7 Å². The maximum atomic E-state index is 13.1. The highest BCUT2D eigenvalue weighted by Gasteiger charge is 2.21. The lowest BCUT2D eigenvalue weighted by atomic mass is 10.00. The molecule has 0 amide bonds. The highest BCUT2D eigenvalue weighted by molar-refractivity contribution is 5.67. The third kappa shape index (κ3) is 4.19. The molecule has 0 unspecified atom stereocenters. The fraction of sp³-hybridized carbons (Fsp3) is 0.280. The zero-order valence-electron chi connectivity index (χ0n) is 17.6. The van der Waals surface area contributed by atoms with E-state index in [0.29, 0.717) is 12.5 Å². The van der Waals surface area contributed by atoms with Crippen molar-refractivity contribution in [3.63, 3.8) is 0 Å². The van der Waals surface area contributed by atoms with Crippen molar-refractivity contribution >= 4 is 0 Å². The summed E-state index contributed by atoms with van der Waals surface area (Å²) in [6.45, 7) is 3.42. The maximum Gasteiger partial charge on any atom is 0.333 e. The Hall–Kier alpha value is -3.54. The Morgan fingerprint density at radius 3 is 2.84 bits per heavy atom. The normalized spacial score (nSPS) is 13.5. The second-order valence-corrected chi connectivity index (χ2v) is 8.16. The number of ether oxygens (including phenoxy) is 1. The first-order valence-electron chi connectivity index (χ1n) is 10.8. The minimum atomic E-state index is -0.0533. The summed E-state index contributed by atoms with van der Waals surface area (Å²) in [5.74, 6) is 1.59. The number of hydrogen-bond donors (Lipinski definition) is 1. The van der Waals surface area contributed by atoms with Crippen molar-refractivity contribution in [2.24, 2.45) is 5.92 Å². The average Bonchev–Trinajstić information content (AvgIpc) is 3.33. The maximum absolute atomic E-state index is 13.1. The Balaban J connectivity index is 1.38. The number of rotatable bonds is 8. The Morgan fingerprint density at radius 2 is 2.06 bits per heavy atom. The van der Waals surface area contributed by atoms with Gasteiger partial charge in [0.25, 0.3) is 0 Å². The second kappa shape index (κ2) is 8.30. The van der Waals surface area contributed by atoms with Gasteiger partial charge < -0.3 is 4.74 Å². The molecule has 158 valence electrons. The molecule has 1 aliphatic rings. The summed E-state index contributed by atoms with van der Waals surface area (Å²) >= 11 is 0. The van der Waals surface area contributed by atoms with E-state index >= 15 is 0 Å². The van der Waals surface area contributed by atoms with Crippen LogP contribution in [0.4, 0.5) is 0 Å². The first-order chi connectivity index (χ1) is 15.2. The molecular formula is C25H26N4O2. The molecule has 0 bridgehead atoms. The van der Waals surface area contributed by atoms with Gasteiger partial charge in [0.2, 0.25) is 0 Å². The monoisotopic (exact) mass is 414 g/mol. The lowest BCUT2D eigenvalue weighted by Crippen LogP contribution is -2.23. The lowest BCUT2D eigenvalue weighted by molar-refractivity contribution is 0.299. The van der Waals surface area contributed by atoms with Gasteiger partial charge in [-0.05, 0) is 66.1 Å². The molecule has 1 fully saturated rings. The zero-order chi connectivity index (χ0) is 21.2. The molecule has 0 atom stereocenters. The Kier molecular flexibility index (Phi) is 5.20. The van der Waals surface area contributed by atoms with Gasteiger partial charge in [0.05, 0.1) is 25.0 Å². The molecule has 1 aliphatic carbocycles. The van der Waals surface area contributed by atoms with E-state index in [1.807, 2.05) is 55.1 Å². The van der Waals surface area contributed by atoms with E-state index in [2.05, 4.69) is 29.3 Å². The molecule has 0 radical (unpaired) electrons. The molecule has 6 nitrogen and oxygen atoms in total. The summed E-state index contributed by atoms with van der Waals surface area (Å²) in [5, 5.41) is 6.91. The number of aromatic nitrogens is 4. The largest absolute Gasteiger partial charge is 0.493 e. The molecule has 1 N–H and O–H groups in total. The van der Waals surface area contributed by atoms with Gasteiger partial charge in [-0.15, -0.1) is 0 Å². The van der Waals surface area contributed by atoms with E-state index in [9.17, 15) is 4.79 Å². The Labute approximate surface area is 181 Å². The van der Waals surface area contributed by atoms with Crippen LogP contribution in [0.15, 0.2) is 72.0 Å².